The molecule has 0 aliphatic carbocycles. The highest BCUT2D eigenvalue weighted by Crippen LogP contribution is 2.25. The van der Waals surface area contributed by atoms with Gasteiger partial charge in [0, 0.05) is 5.56 Å². The molecule has 0 fully saturated rings. The first kappa shape index (κ1) is 12.3. The van der Waals surface area contributed by atoms with E-state index in [0.717, 1.165) is 17.6 Å². The van der Waals surface area contributed by atoms with E-state index in [1.807, 2.05) is 24.3 Å². The monoisotopic (exact) mass is 269 g/mol. The number of benzene rings is 2. The van der Waals surface area contributed by atoms with Crippen molar-refractivity contribution in [2.75, 3.05) is 0 Å². The van der Waals surface area contributed by atoms with E-state index in [1.165, 1.54) is 6.07 Å². The van der Waals surface area contributed by atoms with Gasteiger partial charge in [0.1, 0.15) is 12.4 Å². The number of hydrogen-bond acceptors (Lipinski definition) is 2. The van der Waals surface area contributed by atoms with E-state index in [1.54, 1.807) is 4.57 Å². The zero-order valence-electron chi connectivity index (χ0n) is 10.3. The van der Waals surface area contributed by atoms with Crippen molar-refractivity contribution in [3.8, 4) is 17.5 Å². The average molecular weight is 269 g/mol. The maximum Gasteiger partial charge on any atom is 0.159 e. The third-order valence-electron chi connectivity index (χ3n) is 3.06. The highest BCUT2D eigenvalue weighted by Gasteiger charge is 2.13. The van der Waals surface area contributed by atoms with Crippen molar-refractivity contribution in [3.05, 3.63) is 54.1 Å². The van der Waals surface area contributed by atoms with Crippen LogP contribution in [0.3, 0.4) is 0 Å². The van der Waals surface area contributed by atoms with Crippen LogP contribution in [0.4, 0.5) is 8.78 Å². The van der Waals surface area contributed by atoms with Gasteiger partial charge in [-0.3, -0.25) is 0 Å². The molecule has 98 valence electrons. The van der Waals surface area contributed by atoms with Crippen LogP contribution in [0.15, 0.2) is 42.5 Å². The van der Waals surface area contributed by atoms with E-state index in [0.29, 0.717) is 16.9 Å². The SMILES string of the molecule is N#CCn1c(-c2ccc(F)c(F)c2)nc2ccccc21. The second-order valence-electron chi connectivity index (χ2n) is 4.30. The molecule has 20 heavy (non-hydrogen) atoms. The van der Waals surface area contributed by atoms with Crippen molar-refractivity contribution in [1.82, 2.24) is 9.55 Å². The van der Waals surface area contributed by atoms with E-state index < -0.39 is 11.6 Å². The number of para-hydroxylation sites is 2. The fourth-order valence-electron chi connectivity index (χ4n) is 2.16. The molecule has 5 heteroatoms. The van der Waals surface area contributed by atoms with Gasteiger partial charge in [0.15, 0.2) is 11.6 Å². The summed E-state index contributed by atoms with van der Waals surface area (Å²) in [6.07, 6.45) is 0. The number of nitriles is 1. The van der Waals surface area contributed by atoms with E-state index in [9.17, 15) is 8.78 Å². The van der Waals surface area contributed by atoms with Gasteiger partial charge in [-0.05, 0) is 30.3 Å². The third kappa shape index (κ3) is 1.91. The predicted molar refractivity (Wildman–Crippen MR) is 70.7 cm³/mol. The Morgan fingerprint density at radius 2 is 1.90 bits per heavy atom. The van der Waals surface area contributed by atoms with Gasteiger partial charge in [-0.2, -0.15) is 5.26 Å². The number of aromatic nitrogens is 2. The minimum Gasteiger partial charge on any atom is -0.310 e. The fraction of sp³-hybridized carbons (Fsp3) is 0.0667. The fourth-order valence-corrected chi connectivity index (χ4v) is 2.16. The molecule has 3 nitrogen and oxygen atoms in total. The van der Waals surface area contributed by atoms with Crippen LogP contribution in [0.5, 0.6) is 0 Å². The van der Waals surface area contributed by atoms with Gasteiger partial charge >= 0.3 is 0 Å². The molecule has 0 atom stereocenters. The van der Waals surface area contributed by atoms with Crippen molar-refractivity contribution in [3.63, 3.8) is 0 Å². The average Bonchev–Trinajstić information content (AvgIpc) is 2.82. The summed E-state index contributed by atoms with van der Waals surface area (Å²) in [5, 5.41) is 8.93. The van der Waals surface area contributed by atoms with Crippen molar-refractivity contribution in [2.24, 2.45) is 0 Å². The largest absolute Gasteiger partial charge is 0.310 e. The predicted octanol–water partition coefficient (Wildman–Crippen LogP) is 3.51. The number of nitrogens with zero attached hydrogens (tertiary/aromatic N) is 3. The minimum atomic E-state index is -0.932. The first-order valence-electron chi connectivity index (χ1n) is 5.98. The second kappa shape index (κ2) is 4.74. The first-order valence-corrected chi connectivity index (χ1v) is 5.98. The highest BCUT2D eigenvalue weighted by molar-refractivity contribution is 5.80. The molecule has 0 N–H and O–H groups in total. The minimum absolute atomic E-state index is 0.0921. The van der Waals surface area contributed by atoms with Gasteiger partial charge in [0.25, 0.3) is 0 Å². The second-order valence-corrected chi connectivity index (χ2v) is 4.30. The Hall–Kier alpha value is -2.74. The van der Waals surface area contributed by atoms with E-state index in [-0.39, 0.29) is 6.54 Å². The number of fused-ring (bicyclic) bond motifs is 1. The van der Waals surface area contributed by atoms with Gasteiger partial charge in [-0.1, -0.05) is 12.1 Å². The van der Waals surface area contributed by atoms with Crippen LogP contribution >= 0.6 is 0 Å². The van der Waals surface area contributed by atoms with Crippen molar-refractivity contribution < 1.29 is 8.78 Å². The number of halogens is 2. The summed E-state index contributed by atoms with van der Waals surface area (Å²) in [7, 11) is 0. The Morgan fingerprint density at radius 3 is 2.65 bits per heavy atom. The molecule has 0 spiro atoms. The smallest absolute Gasteiger partial charge is 0.159 e. The summed E-state index contributed by atoms with van der Waals surface area (Å²) in [6.45, 7) is 0.0921. The molecule has 0 aliphatic rings. The van der Waals surface area contributed by atoms with E-state index in [4.69, 9.17) is 5.26 Å². The Bertz CT molecular complexity index is 831. The molecule has 3 aromatic rings. The van der Waals surface area contributed by atoms with Crippen molar-refractivity contribution in [1.29, 1.82) is 5.26 Å². The molecule has 0 saturated carbocycles. The summed E-state index contributed by atoms with van der Waals surface area (Å²) in [5.41, 5.74) is 1.94. The topological polar surface area (TPSA) is 41.6 Å². The van der Waals surface area contributed by atoms with Crippen LogP contribution in [-0.2, 0) is 6.54 Å². The summed E-state index contributed by atoms with van der Waals surface area (Å²) >= 11 is 0. The molecule has 0 aliphatic heterocycles. The van der Waals surface area contributed by atoms with E-state index >= 15 is 0 Å². The van der Waals surface area contributed by atoms with Crippen LogP contribution < -0.4 is 0 Å². The highest BCUT2D eigenvalue weighted by atomic mass is 19.2. The van der Waals surface area contributed by atoms with Crippen molar-refractivity contribution >= 4 is 11.0 Å². The number of imidazole rings is 1. The van der Waals surface area contributed by atoms with Crippen LogP contribution in [0.1, 0.15) is 0 Å². The van der Waals surface area contributed by atoms with Gasteiger partial charge in [0.2, 0.25) is 0 Å². The molecule has 1 aromatic heterocycles. The summed E-state index contributed by atoms with van der Waals surface area (Å²) in [4.78, 5) is 4.40. The lowest BCUT2D eigenvalue weighted by Crippen LogP contribution is -1.99. The first-order chi connectivity index (χ1) is 9.70. The van der Waals surface area contributed by atoms with Gasteiger partial charge in [-0.25, -0.2) is 13.8 Å². The lowest BCUT2D eigenvalue weighted by Gasteiger charge is -2.05. The molecule has 0 unspecified atom stereocenters. The molecular weight excluding hydrogens is 260 g/mol. The Kier molecular flexibility index (Phi) is 2.92. The summed E-state index contributed by atoms with van der Waals surface area (Å²) in [6, 6.07) is 13.0. The third-order valence-corrected chi connectivity index (χ3v) is 3.06. The standard InChI is InChI=1S/C15H9F2N3/c16-11-6-5-10(9-12(11)17)15-19-13-3-1-2-4-14(13)20(15)8-7-18/h1-6,9H,8H2. The van der Waals surface area contributed by atoms with Crippen LogP contribution in [-0.4, -0.2) is 9.55 Å². The molecule has 0 saturated heterocycles. The molecule has 0 bridgehead atoms. The maximum absolute atomic E-state index is 13.4. The molecule has 3 rings (SSSR count). The van der Waals surface area contributed by atoms with Crippen LogP contribution in [0.2, 0.25) is 0 Å². The molecule has 0 amide bonds. The summed E-state index contributed by atoms with van der Waals surface area (Å²) in [5.74, 6) is -1.39. The normalized spacial score (nSPS) is 10.7. The van der Waals surface area contributed by atoms with Crippen LogP contribution in [0, 0.1) is 23.0 Å². The molecule has 2 aromatic carbocycles. The quantitative estimate of drug-likeness (QED) is 0.714. The zero-order valence-corrected chi connectivity index (χ0v) is 10.3. The van der Waals surface area contributed by atoms with Gasteiger partial charge in [-0.15, -0.1) is 0 Å². The van der Waals surface area contributed by atoms with Crippen molar-refractivity contribution in [2.45, 2.75) is 6.54 Å². The number of rotatable bonds is 2. The summed E-state index contributed by atoms with van der Waals surface area (Å²) < 4.78 is 28.1. The number of hydrogen-bond donors (Lipinski definition) is 0. The van der Waals surface area contributed by atoms with E-state index in [2.05, 4.69) is 11.1 Å². The van der Waals surface area contributed by atoms with Gasteiger partial charge < -0.3 is 4.57 Å². The maximum atomic E-state index is 13.4. The Morgan fingerprint density at radius 1 is 1.10 bits per heavy atom. The molecule has 1 heterocycles. The Balaban J connectivity index is 2.27. The molecule has 0 radical (unpaired) electrons. The molecular formula is C15H9F2N3. The van der Waals surface area contributed by atoms with Crippen LogP contribution in [0.25, 0.3) is 22.4 Å². The Labute approximate surface area is 113 Å². The lowest BCUT2D eigenvalue weighted by molar-refractivity contribution is 0.509. The lowest BCUT2D eigenvalue weighted by atomic mass is 10.2. The zero-order chi connectivity index (χ0) is 14.1. The van der Waals surface area contributed by atoms with Gasteiger partial charge in [0.05, 0.1) is 17.1 Å².